The van der Waals surface area contributed by atoms with Gasteiger partial charge in [-0.3, -0.25) is 4.99 Å². The second-order valence-electron chi connectivity index (χ2n) is 7.76. The maximum Gasteiger partial charge on any atom is 0.211 e. The smallest absolute Gasteiger partial charge is 0.211 e. The van der Waals surface area contributed by atoms with E-state index in [1.807, 2.05) is 13.8 Å². The zero-order chi connectivity index (χ0) is 21.0. The molecule has 10 heteroatoms. The third kappa shape index (κ3) is 6.51. The Kier molecular flexibility index (Phi) is 9.32. The van der Waals surface area contributed by atoms with E-state index in [1.54, 1.807) is 16.4 Å². The van der Waals surface area contributed by atoms with Gasteiger partial charge in [-0.25, -0.2) is 12.8 Å². The Morgan fingerprint density at radius 1 is 1.30 bits per heavy atom. The number of hydrogen-bond acceptors (Lipinski definition) is 4. The fourth-order valence-electron chi connectivity index (χ4n) is 4.03. The van der Waals surface area contributed by atoms with E-state index in [4.69, 9.17) is 9.73 Å². The first-order valence-corrected chi connectivity index (χ1v) is 12.0. The zero-order valence-electron chi connectivity index (χ0n) is 17.8. The molecule has 0 bridgehead atoms. The van der Waals surface area contributed by atoms with Crippen molar-refractivity contribution in [3.05, 3.63) is 35.6 Å². The van der Waals surface area contributed by atoms with Crippen LogP contribution in [0.5, 0.6) is 0 Å². The maximum atomic E-state index is 13.3. The fraction of sp³-hybridized carbons (Fsp3) is 0.650. The predicted octanol–water partition coefficient (Wildman–Crippen LogP) is 2.60. The number of sulfonamides is 1. The molecule has 2 saturated heterocycles. The Morgan fingerprint density at radius 3 is 2.63 bits per heavy atom. The van der Waals surface area contributed by atoms with Crippen LogP contribution < -0.4 is 5.32 Å². The second-order valence-corrected chi connectivity index (χ2v) is 9.69. The minimum atomic E-state index is -3.21. The predicted molar refractivity (Wildman–Crippen MR) is 127 cm³/mol. The molecule has 3 rings (SSSR count). The summed E-state index contributed by atoms with van der Waals surface area (Å²) in [5.41, 5.74) is 0.929. The van der Waals surface area contributed by atoms with Crippen molar-refractivity contribution >= 4 is 40.0 Å². The van der Waals surface area contributed by atoms with Crippen LogP contribution in [-0.2, 0) is 14.8 Å². The van der Waals surface area contributed by atoms with Crippen molar-refractivity contribution < 1.29 is 17.5 Å². The van der Waals surface area contributed by atoms with Gasteiger partial charge >= 0.3 is 0 Å². The Labute approximate surface area is 196 Å². The summed E-state index contributed by atoms with van der Waals surface area (Å²) in [6, 6.07) is 6.30. The lowest BCUT2D eigenvalue weighted by atomic mass is 10.1. The number of benzene rings is 1. The highest BCUT2D eigenvalue weighted by molar-refractivity contribution is 14.0. The second kappa shape index (κ2) is 11.1. The highest BCUT2D eigenvalue weighted by atomic mass is 127. The van der Waals surface area contributed by atoms with Crippen LogP contribution in [0.1, 0.15) is 38.4 Å². The summed E-state index contributed by atoms with van der Waals surface area (Å²) in [6.45, 7) is 7.02. The monoisotopic (exact) mass is 554 g/mol. The molecule has 2 aliphatic rings. The molecule has 7 nitrogen and oxygen atoms in total. The molecule has 2 heterocycles. The topological polar surface area (TPSA) is 74.2 Å². The third-order valence-electron chi connectivity index (χ3n) is 5.34. The number of aliphatic imine (C=N–C) groups is 1. The lowest BCUT2D eigenvalue weighted by Crippen LogP contribution is -2.51. The number of halogens is 2. The van der Waals surface area contributed by atoms with E-state index in [9.17, 15) is 12.8 Å². The molecule has 2 unspecified atom stereocenters. The fourth-order valence-corrected chi connectivity index (χ4v) is 5.21. The van der Waals surface area contributed by atoms with Gasteiger partial charge in [-0.15, -0.1) is 24.0 Å². The van der Waals surface area contributed by atoms with Crippen molar-refractivity contribution in [3.8, 4) is 0 Å². The number of nitrogens with one attached hydrogen (secondary N) is 1. The van der Waals surface area contributed by atoms with Crippen molar-refractivity contribution in [3.63, 3.8) is 0 Å². The normalized spacial score (nSPS) is 25.8. The average Bonchev–Trinajstić information content (AvgIpc) is 3.14. The van der Waals surface area contributed by atoms with Gasteiger partial charge in [0.05, 0.1) is 25.4 Å². The molecule has 2 fully saturated rings. The van der Waals surface area contributed by atoms with Crippen LogP contribution in [0.4, 0.5) is 4.39 Å². The van der Waals surface area contributed by atoms with E-state index >= 15 is 0 Å². The Balaban J connectivity index is 0.00000320. The molecular weight excluding hydrogens is 522 g/mol. The summed E-state index contributed by atoms with van der Waals surface area (Å²) in [7, 11) is -3.21. The van der Waals surface area contributed by atoms with E-state index in [1.165, 1.54) is 18.4 Å². The molecule has 0 aromatic heterocycles. The SMILES string of the molecule is CCNC(=NC[C@H]1CCCN1S(C)(=O)=O)N1CC(C)OC(c2ccc(F)cc2)C1.I. The van der Waals surface area contributed by atoms with Crippen LogP contribution >= 0.6 is 24.0 Å². The molecule has 170 valence electrons. The minimum Gasteiger partial charge on any atom is -0.367 e. The molecular formula is C20H32FIN4O3S. The summed E-state index contributed by atoms with van der Waals surface area (Å²) < 4.78 is 44.9. The zero-order valence-corrected chi connectivity index (χ0v) is 20.9. The third-order valence-corrected chi connectivity index (χ3v) is 6.67. The molecule has 30 heavy (non-hydrogen) atoms. The maximum absolute atomic E-state index is 13.3. The molecule has 0 spiro atoms. The van der Waals surface area contributed by atoms with Crippen LogP contribution in [0, 0.1) is 5.82 Å². The molecule has 1 aromatic carbocycles. The number of hydrogen-bond donors (Lipinski definition) is 1. The highest BCUT2D eigenvalue weighted by Crippen LogP contribution is 2.26. The molecule has 3 atom stereocenters. The molecule has 1 aromatic rings. The number of morpholine rings is 1. The van der Waals surface area contributed by atoms with Gasteiger partial charge < -0.3 is 15.0 Å². The summed E-state index contributed by atoms with van der Waals surface area (Å²) >= 11 is 0. The molecule has 1 N–H and O–H groups in total. The van der Waals surface area contributed by atoms with Gasteiger partial charge in [0, 0.05) is 25.7 Å². The standard InChI is InChI=1S/C20H31FN4O3S.HI/c1-4-22-20(23-12-18-6-5-11-25(18)29(3,26)27)24-13-15(2)28-19(14-24)16-7-9-17(21)10-8-16;/h7-10,15,18-19H,4-6,11-14H2,1-3H3,(H,22,23);1H/t15?,18-,19?;/m1./s1. The van der Waals surface area contributed by atoms with Crippen LogP contribution in [-0.4, -0.2) is 74.7 Å². The molecule has 0 aliphatic carbocycles. The number of guanidine groups is 1. The molecule has 0 radical (unpaired) electrons. The van der Waals surface area contributed by atoms with E-state index in [0.717, 1.165) is 24.4 Å². The summed E-state index contributed by atoms with van der Waals surface area (Å²) in [6.07, 6.45) is 2.76. The first kappa shape index (κ1) is 25.3. The van der Waals surface area contributed by atoms with Gasteiger partial charge in [0.15, 0.2) is 5.96 Å². The van der Waals surface area contributed by atoms with Crippen molar-refractivity contribution in [2.75, 3.05) is 39.0 Å². The number of nitrogens with zero attached hydrogens (tertiary/aromatic N) is 3. The van der Waals surface area contributed by atoms with Crippen LogP contribution in [0.2, 0.25) is 0 Å². The van der Waals surface area contributed by atoms with E-state index < -0.39 is 10.0 Å². The van der Waals surface area contributed by atoms with Gasteiger partial charge in [0.2, 0.25) is 10.0 Å². The first-order valence-electron chi connectivity index (χ1n) is 10.2. The van der Waals surface area contributed by atoms with Crippen molar-refractivity contribution in [2.45, 2.75) is 44.9 Å². The number of rotatable bonds is 5. The van der Waals surface area contributed by atoms with Gasteiger partial charge in [-0.05, 0) is 44.4 Å². The molecule has 2 aliphatic heterocycles. The summed E-state index contributed by atoms with van der Waals surface area (Å²) in [4.78, 5) is 6.91. The quantitative estimate of drug-likeness (QED) is 0.344. The molecule has 0 saturated carbocycles. The Hall–Kier alpha value is -0.980. The summed E-state index contributed by atoms with van der Waals surface area (Å²) in [5.74, 6) is 0.492. The molecule has 0 amide bonds. The minimum absolute atomic E-state index is 0. The van der Waals surface area contributed by atoms with Gasteiger partial charge in [-0.2, -0.15) is 4.31 Å². The first-order chi connectivity index (χ1) is 13.8. The van der Waals surface area contributed by atoms with Crippen molar-refractivity contribution in [1.82, 2.24) is 14.5 Å². The Bertz CT molecular complexity index is 822. The van der Waals surface area contributed by atoms with Crippen LogP contribution in [0.25, 0.3) is 0 Å². The van der Waals surface area contributed by atoms with Gasteiger partial charge in [0.25, 0.3) is 0 Å². The number of ether oxygens (including phenoxy) is 1. The van der Waals surface area contributed by atoms with Crippen molar-refractivity contribution in [2.24, 2.45) is 4.99 Å². The lowest BCUT2D eigenvalue weighted by molar-refractivity contribution is -0.0605. The summed E-state index contributed by atoms with van der Waals surface area (Å²) in [5, 5.41) is 3.32. The highest BCUT2D eigenvalue weighted by Gasteiger charge is 2.32. The lowest BCUT2D eigenvalue weighted by Gasteiger charge is -2.39. The van der Waals surface area contributed by atoms with E-state index in [0.29, 0.717) is 32.7 Å². The van der Waals surface area contributed by atoms with E-state index in [-0.39, 0.29) is 48.0 Å². The van der Waals surface area contributed by atoms with E-state index in [2.05, 4.69) is 10.2 Å². The average molecular weight is 554 g/mol. The van der Waals surface area contributed by atoms with Gasteiger partial charge in [-0.1, -0.05) is 12.1 Å². The Morgan fingerprint density at radius 2 is 2.00 bits per heavy atom. The van der Waals surface area contributed by atoms with Crippen LogP contribution in [0.3, 0.4) is 0 Å². The van der Waals surface area contributed by atoms with Gasteiger partial charge in [0.1, 0.15) is 11.9 Å². The largest absolute Gasteiger partial charge is 0.367 e. The van der Waals surface area contributed by atoms with Crippen molar-refractivity contribution in [1.29, 1.82) is 0 Å². The van der Waals surface area contributed by atoms with Crippen LogP contribution in [0.15, 0.2) is 29.3 Å².